The number of aromatic nitrogens is 2. The monoisotopic (exact) mass is 347 g/mol. The number of rotatable bonds is 6. The van der Waals surface area contributed by atoms with Crippen LogP contribution in [-0.2, 0) is 19.5 Å². The van der Waals surface area contributed by atoms with Gasteiger partial charge in [0, 0.05) is 4.88 Å². The van der Waals surface area contributed by atoms with Gasteiger partial charge in [0.25, 0.3) is 0 Å². The molecule has 0 unspecified atom stereocenters. The first-order valence-corrected chi connectivity index (χ1v) is 9.51. The topological polar surface area (TPSA) is 29.9 Å². The Hall–Kier alpha value is -2.59. The highest BCUT2D eigenvalue weighted by molar-refractivity contribution is 7.09. The molecule has 0 bridgehead atoms. The number of hydrogen-bond donors (Lipinski definition) is 1. The first-order chi connectivity index (χ1) is 12.3. The minimum absolute atomic E-state index is 0.802. The van der Waals surface area contributed by atoms with Crippen LogP contribution in [0.5, 0.6) is 0 Å². The van der Waals surface area contributed by atoms with Crippen molar-refractivity contribution < 1.29 is 0 Å². The van der Waals surface area contributed by atoms with E-state index in [4.69, 9.17) is 4.98 Å². The van der Waals surface area contributed by atoms with Crippen molar-refractivity contribution in [2.75, 3.05) is 5.32 Å². The fourth-order valence-corrected chi connectivity index (χ4v) is 3.68. The minimum Gasteiger partial charge on any atom is -0.351 e. The van der Waals surface area contributed by atoms with Crippen molar-refractivity contribution in [2.24, 2.45) is 0 Å². The van der Waals surface area contributed by atoms with E-state index in [0.29, 0.717) is 0 Å². The molecule has 0 amide bonds. The Balaban J connectivity index is 1.71. The van der Waals surface area contributed by atoms with Crippen LogP contribution in [0.4, 0.5) is 5.95 Å². The molecule has 4 heteroatoms. The molecule has 1 N–H and O–H groups in total. The van der Waals surface area contributed by atoms with Gasteiger partial charge in [-0.2, -0.15) is 0 Å². The Morgan fingerprint density at radius 3 is 2.64 bits per heavy atom. The van der Waals surface area contributed by atoms with E-state index in [1.807, 2.05) is 0 Å². The summed E-state index contributed by atoms with van der Waals surface area (Å²) in [5.74, 6) is 0.931. The van der Waals surface area contributed by atoms with Crippen LogP contribution in [-0.4, -0.2) is 9.55 Å². The maximum atomic E-state index is 4.87. The number of imidazole rings is 1. The lowest BCUT2D eigenvalue weighted by molar-refractivity contribution is 0.823. The zero-order chi connectivity index (χ0) is 17.1. The summed E-state index contributed by atoms with van der Waals surface area (Å²) >= 11 is 1.77. The molecule has 0 aliphatic carbocycles. The van der Waals surface area contributed by atoms with E-state index in [1.54, 1.807) is 11.3 Å². The highest BCUT2D eigenvalue weighted by atomic mass is 32.1. The van der Waals surface area contributed by atoms with Crippen molar-refractivity contribution >= 4 is 28.3 Å². The van der Waals surface area contributed by atoms with Crippen LogP contribution in [0.3, 0.4) is 0 Å². The lowest BCUT2D eigenvalue weighted by Gasteiger charge is -2.10. The van der Waals surface area contributed by atoms with E-state index in [1.165, 1.54) is 21.5 Å². The fraction of sp³-hybridized carbons (Fsp3) is 0.190. The van der Waals surface area contributed by atoms with E-state index >= 15 is 0 Å². The fourth-order valence-electron chi connectivity index (χ4n) is 3.04. The molecule has 0 aliphatic heterocycles. The van der Waals surface area contributed by atoms with Crippen molar-refractivity contribution in [3.05, 3.63) is 82.0 Å². The number of nitrogens with one attached hydrogen (secondary N) is 1. The van der Waals surface area contributed by atoms with Gasteiger partial charge in [-0.1, -0.05) is 49.4 Å². The van der Waals surface area contributed by atoms with Crippen LogP contribution < -0.4 is 5.32 Å². The van der Waals surface area contributed by atoms with E-state index in [9.17, 15) is 0 Å². The smallest absolute Gasteiger partial charge is 0.204 e. The lowest BCUT2D eigenvalue weighted by Crippen LogP contribution is -2.08. The average molecular weight is 347 g/mol. The van der Waals surface area contributed by atoms with Gasteiger partial charge in [-0.3, -0.25) is 0 Å². The van der Waals surface area contributed by atoms with Gasteiger partial charge < -0.3 is 9.88 Å². The molecular weight excluding hydrogens is 326 g/mol. The molecule has 2 aromatic heterocycles. The normalized spacial score (nSPS) is 11.1. The lowest BCUT2D eigenvalue weighted by atomic mass is 10.1. The van der Waals surface area contributed by atoms with Gasteiger partial charge in [0.05, 0.1) is 24.1 Å². The number of aryl methyl sites for hydroxylation is 1. The van der Waals surface area contributed by atoms with Crippen LogP contribution >= 0.6 is 11.3 Å². The first kappa shape index (κ1) is 15.9. The number of anilines is 1. The summed E-state index contributed by atoms with van der Waals surface area (Å²) in [6, 6.07) is 21.4. The summed E-state index contributed by atoms with van der Waals surface area (Å²) in [7, 11) is 0. The summed E-state index contributed by atoms with van der Waals surface area (Å²) in [5, 5.41) is 5.63. The molecule has 2 aromatic carbocycles. The van der Waals surface area contributed by atoms with Gasteiger partial charge in [-0.25, -0.2) is 4.98 Å². The first-order valence-electron chi connectivity index (χ1n) is 8.63. The third kappa shape index (κ3) is 3.44. The Labute approximate surface area is 152 Å². The van der Waals surface area contributed by atoms with E-state index in [-0.39, 0.29) is 0 Å². The van der Waals surface area contributed by atoms with Crippen molar-refractivity contribution in [3.8, 4) is 0 Å². The highest BCUT2D eigenvalue weighted by Gasteiger charge is 2.12. The molecular formula is C21H21N3S. The second-order valence-electron chi connectivity index (χ2n) is 6.12. The van der Waals surface area contributed by atoms with Crippen LogP contribution in [0.25, 0.3) is 11.0 Å². The van der Waals surface area contributed by atoms with Gasteiger partial charge in [-0.15, -0.1) is 11.3 Å². The van der Waals surface area contributed by atoms with Crippen molar-refractivity contribution in [1.29, 1.82) is 0 Å². The quantitative estimate of drug-likeness (QED) is 0.511. The minimum atomic E-state index is 0.802. The standard InChI is InChI=1S/C21H21N3S/c1-2-16-10-11-20-19(13-16)23-21(22-14-18-9-6-12-25-18)24(20)15-17-7-4-3-5-8-17/h3-13H,2,14-15H2,1H3,(H,22,23). The van der Waals surface area contributed by atoms with Gasteiger partial charge in [-0.05, 0) is 41.1 Å². The molecule has 4 rings (SSSR count). The number of nitrogens with zero attached hydrogens (tertiary/aromatic N) is 2. The van der Waals surface area contributed by atoms with E-state index < -0.39 is 0 Å². The molecule has 126 valence electrons. The van der Waals surface area contributed by atoms with Gasteiger partial charge >= 0.3 is 0 Å². The molecule has 4 aromatic rings. The summed E-state index contributed by atoms with van der Waals surface area (Å²) in [6.45, 7) is 3.80. The Morgan fingerprint density at radius 1 is 1.00 bits per heavy atom. The van der Waals surface area contributed by atoms with Crippen molar-refractivity contribution in [3.63, 3.8) is 0 Å². The van der Waals surface area contributed by atoms with E-state index in [2.05, 4.69) is 82.9 Å². The van der Waals surface area contributed by atoms with E-state index in [0.717, 1.165) is 31.0 Å². The third-order valence-corrected chi connectivity index (χ3v) is 5.28. The zero-order valence-electron chi connectivity index (χ0n) is 14.3. The van der Waals surface area contributed by atoms with Gasteiger partial charge in [0.1, 0.15) is 0 Å². The van der Waals surface area contributed by atoms with Crippen molar-refractivity contribution in [1.82, 2.24) is 9.55 Å². The molecule has 0 saturated heterocycles. The molecule has 0 atom stereocenters. The molecule has 0 radical (unpaired) electrons. The molecule has 0 saturated carbocycles. The summed E-state index contributed by atoms with van der Waals surface area (Å²) in [4.78, 5) is 6.19. The largest absolute Gasteiger partial charge is 0.351 e. The Morgan fingerprint density at radius 2 is 1.88 bits per heavy atom. The summed E-state index contributed by atoms with van der Waals surface area (Å²) < 4.78 is 2.28. The Kier molecular flexibility index (Phi) is 4.53. The number of fused-ring (bicyclic) bond motifs is 1. The van der Waals surface area contributed by atoms with Crippen LogP contribution in [0, 0.1) is 0 Å². The maximum Gasteiger partial charge on any atom is 0.204 e. The predicted molar refractivity (Wildman–Crippen MR) is 106 cm³/mol. The third-order valence-electron chi connectivity index (χ3n) is 4.41. The molecule has 0 aliphatic rings. The summed E-state index contributed by atoms with van der Waals surface area (Å²) in [5.41, 5.74) is 4.83. The second-order valence-corrected chi connectivity index (χ2v) is 7.15. The van der Waals surface area contributed by atoms with Crippen LogP contribution in [0.2, 0.25) is 0 Å². The molecule has 3 nitrogen and oxygen atoms in total. The maximum absolute atomic E-state index is 4.87. The summed E-state index contributed by atoms with van der Waals surface area (Å²) in [6.07, 6.45) is 1.03. The highest BCUT2D eigenvalue weighted by Crippen LogP contribution is 2.24. The van der Waals surface area contributed by atoms with Gasteiger partial charge in [0.2, 0.25) is 5.95 Å². The van der Waals surface area contributed by atoms with Gasteiger partial charge in [0.15, 0.2) is 0 Å². The molecule has 25 heavy (non-hydrogen) atoms. The SMILES string of the molecule is CCc1ccc2c(c1)nc(NCc1cccs1)n2Cc1ccccc1. The predicted octanol–water partition coefficient (Wildman–Crippen LogP) is 5.32. The number of hydrogen-bond acceptors (Lipinski definition) is 3. The molecule has 0 spiro atoms. The molecule has 2 heterocycles. The second kappa shape index (κ2) is 7.11. The van der Waals surface area contributed by atoms with Crippen LogP contribution in [0.1, 0.15) is 22.9 Å². The molecule has 0 fully saturated rings. The zero-order valence-corrected chi connectivity index (χ0v) is 15.1. The van der Waals surface area contributed by atoms with Crippen LogP contribution in [0.15, 0.2) is 66.0 Å². The average Bonchev–Trinajstić information content (AvgIpc) is 3.28. The Bertz CT molecular complexity index is 956. The number of thiophene rings is 1. The van der Waals surface area contributed by atoms with Crippen molar-refractivity contribution in [2.45, 2.75) is 26.4 Å². The number of benzene rings is 2.